The van der Waals surface area contributed by atoms with Crippen molar-refractivity contribution in [3.8, 4) is 0 Å². The number of hydrogen-bond donors (Lipinski definition) is 2. The number of carbonyl (C=O) groups excluding carboxylic acids is 2. The van der Waals surface area contributed by atoms with E-state index in [-0.39, 0.29) is 25.0 Å². The molecule has 1 atom stereocenters. The topological polar surface area (TPSA) is 67.4 Å². The van der Waals surface area contributed by atoms with E-state index in [4.69, 9.17) is 4.74 Å². The normalized spacial score (nSPS) is 19.6. The molecule has 1 aromatic rings. The van der Waals surface area contributed by atoms with Crippen molar-refractivity contribution in [3.05, 3.63) is 29.8 Å². The van der Waals surface area contributed by atoms with Gasteiger partial charge in [-0.15, -0.1) is 0 Å². The number of hydrogen-bond acceptors (Lipinski definition) is 3. The molecule has 1 fully saturated rings. The molecular weight excluding hydrogens is 220 g/mol. The molecule has 0 radical (unpaired) electrons. The summed E-state index contributed by atoms with van der Waals surface area (Å²) in [5, 5.41) is 5.31. The summed E-state index contributed by atoms with van der Waals surface area (Å²) in [4.78, 5) is 22.9. The SMILES string of the molecule is Cc1cccc(NC(=O)C2COCC(=O)N2)c1. The van der Waals surface area contributed by atoms with Crippen molar-refractivity contribution in [1.29, 1.82) is 0 Å². The predicted octanol–water partition coefficient (Wildman–Crippen LogP) is 0.449. The Balaban J connectivity index is 1.99. The minimum absolute atomic E-state index is 0.0220. The molecule has 0 saturated carbocycles. The van der Waals surface area contributed by atoms with Gasteiger partial charge in [0.2, 0.25) is 11.8 Å². The molecule has 17 heavy (non-hydrogen) atoms. The lowest BCUT2D eigenvalue weighted by Crippen LogP contribution is -2.51. The van der Waals surface area contributed by atoms with Crippen LogP contribution in [-0.2, 0) is 14.3 Å². The third-order valence-electron chi connectivity index (χ3n) is 2.45. The van der Waals surface area contributed by atoms with Crippen LogP contribution in [0.4, 0.5) is 5.69 Å². The van der Waals surface area contributed by atoms with E-state index < -0.39 is 6.04 Å². The van der Waals surface area contributed by atoms with Gasteiger partial charge in [0.25, 0.3) is 0 Å². The highest BCUT2D eigenvalue weighted by Gasteiger charge is 2.25. The summed E-state index contributed by atoms with van der Waals surface area (Å²) in [6.45, 7) is 2.18. The molecule has 1 unspecified atom stereocenters. The van der Waals surface area contributed by atoms with Crippen LogP contribution in [0.3, 0.4) is 0 Å². The quantitative estimate of drug-likeness (QED) is 0.780. The van der Waals surface area contributed by atoms with Crippen LogP contribution in [0.25, 0.3) is 0 Å². The van der Waals surface area contributed by atoms with E-state index in [0.29, 0.717) is 0 Å². The summed E-state index contributed by atoms with van der Waals surface area (Å²) >= 11 is 0. The number of amides is 2. The highest BCUT2D eigenvalue weighted by atomic mass is 16.5. The van der Waals surface area contributed by atoms with E-state index in [1.54, 1.807) is 6.07 Å². The van der Waals surface area contributed by atoms with Crippen LogP contribution in [0.2, 0.25) is 0 Å². The Bertz CT molecular complexity index is 445. The maximum Gasteiger partial charge on any atom is 0.249 e. The Hall–Kier alpha value is -1.88. The maximum absolute atomic E-state index is 11.8. The monoisotopic (exact) mass is 234 g/mol. The van der Waals surface area contributed by atoms with Crippen molar-refractivity contribution < 1.29 is 14.3 Å². The van der Waals surface area contributed by atoms with Crippen molar-refractivity contribution in [2.24, 2.45) is 0 Å². The second kappa shape index (κ2) is 4.97. The van der Waals surface area contributed by atoms with Crippen molar-refractivity contribution in [3.63, 3.8) is 0 Å². The van der Waals surface area contributed by atoms with Crippen molar-refractivity contribution in [2.75, 3.05) is 18.5 Å². The number of anilines is 1. The van der Waals surface area contributed by atoms with E-state index in [1.165, 1.54) is 0 Å². The van der Waals surface area contributed by atoms with Crippen LogP contribution in [-0.4, -0.2) is 31.1 Å². The van der Waals surface area contributed by atoms with Crippen LogP contribution < -0.4 is 10.6 Å². The number of aryl methyl sites for hydroxylation is 1. The third-order valence-corrected chi connectivity index (χ3v) is 2.45. The second-order valence-electron chi connectivity index (χ2n) is 3.99. The van der Waals surface area contributed by atoms with E-state index in [9.17, 15) is 9.59 Å². The van der Waals surface area contributed by atoms with Crippen LogP contribution in [0.5, 0.6) is 0 Å². The summed E-state index contributed by atoms with van der Waals surface area (Å²) in [6, 6.07) is 6.86. The molecule has 0 aliphatic carbocycles. The molecule has 90 valence electrons. The molecule has 0 bridgehead atoms. The lowest BCUT2D eigenvalue weighted by Gasteiger charge is -2.22. The van der Waals surface area contributed by atoms with Crippen LogP contribution in [0.15, 0.2) is 24.3 Å². The first kappa shape index (κ1) is 11.6. The Morgan fingerprint density at radius 2 is 2.35 bits per heavy atom. The first-order chi connectivity index (χ1) is 8.15. The zero-order valence-corrected chi connectivity index (χ0v) is 9.53. The molecule has 5 nitrogen and oxygen atoms in total. The third kappa shape index (κ3) is 3.04. The smallest absolute Gasteiger partial charge is 0.249 e. The maximum atomic E-state index is 11.8. The van der Waals surface area contributed by atoms with Gasteiger partial charge in [0.15, 0.2) is 0 Å². The molecule has 1 aromatic carbocycles. The molecule has 1 saturated heterocycles. The van der Waals surface area contributed by atoms with Gasteiger partial charge in [-0.05, 0) is 24.6 Å². The minimum atomic E-state index is -0.614. The summed E-state index contributed by atoms with van der Waals surface area (Å²) in [6.07, 6.45) is 0. The number of morpholine rings is 1. The van der Waals surface area contributed by atoms with Gasteiger partial charge in [-0.25, -0.2) is 0 Å². The van der Waals surface area contributed by atoms with Gasteiger partial charge in [-0.3, -0.25) is 9.59 Å². The van der Waals surface area contributed by atoms with Gasteiger partial charge in [-0.1, -0.05) is 12.1 Å². The number of rotatable bonds is 2. The van der Waals surface area contributed by atoms with Gasteiger partial charge in [-0.2, -0.15) is 0 Å². The van der Waals surface area contributed by atoms with Gasteiger partial charge in [0.05, 0.1) is 6.61 Å². The lowest BCUT2D eigenvalue weighted by molar-refractivity contribution is -0.136. The Morgan fingerprint density at radius 3 is 3.06 bits per heavy atom. The minimum Gasteiger partial charge on any atom is -0.369 e. The van der Waals surface area contributed by atoms with Gasteiger partial charge >= 0.3 is 0 Å². The molecule has 1 aliphatic heterocycles. The standard InChI is InChI=1S/C12H14N2O3/c1-8-3-2-4-9(5-8)13-12(16)10-6-17-7-11(15)14-10/h2-5,10H,6-7H2,1H3,(H,13,16)(H,14,15). The molecular formula is C12H14N2O3. The largest absolute Gasteiger partial charge is 0.369 e. The van der Waals surface area contributed by atoms with E-state index in [0.717, 1.165) is 11.3 Å². The van der Waals surface area contributed by atoms with E-state index >= 15 is 0 Å². The van der Waals surface area contributed by atoms with Gasteiger partial charge < -0.3 is 15.4 Å². The summed E-state index contributed by atoms with van der Waals surface area (Å²) < 4.78 is 5.00. The fourth-order valence-electron chi connectivity index (χ4n) is 1.64. The van der Waals surface area contributed by atoms with E-state index in [1.807, 2.05) is 25.1 Å². The number of ether oxygens (including phenoxy) is 1. The fourth-order valence-corrected chi connectivity index (χ4v) is 1.64. The molecule has 2 amide bonds. The lowest BCUT2D eigenvalue weighted by atomic mass is 10.2. The average molecular weight is 234 g/mol. The number of nitrogens with one attached hydrogen (secondary N) is 2. The molecule has 2 rings (SSSR count). The predicted molar refractivity (Wildman–Crippen MR) is 62.6 cm³/mol. The summed E-state index contributed by atoms with van der Waals surface area (Å²) in [7, 11) is 0. The Labute approximate surface area is 99.2 Å². The van der Waals surface area contributed by atoms with Crippen LogP contribution in [0, 0.1) is 6.92 Å². The first-order valence-corrected chi connectivity index (χ1v) is 5.40. The molecule has 1 aliphatic rings. The molecule has 1 heterocycles. The Kier molecular flexibility index (Phi) is 3.39. The van der Waals surface area contributed by atoms with Crippen LogP contribution >= 0.6 is 0 Å². The van der Waals surface area contributed by atoms with Crippen molar-refractivity contribution in [1.82, 2.24) is 5.32 Å². The number of benzene rings is 1. The highest BCUT2D eigenvalue weighted by Crippen LogP contribution is 2.10. The average Bonchev–Trinajstić information content (AvgIpc) is 2.29. The van der Waals surface area contributed by atoms with Crippen molar-refractivity contribution in [2.45, 2.75) is 13.0 Å². The zero-order valence-electron chi connectivity index (χ0n) is 9.53. The highest BCUT2D eigenvalue weighted by molar-refractivity contribution is 5.97. The fraction of sp³-hybridized carbons (Fsp3) is 0.333. The Morgan fingerprint density at radius 1 is 1.53 bits per heavy atom. The van der Waals surface area contributed by atoms with E-state index in [2.05, 4.69) is 10.6 Å². The molecule has 2 N–H and O–H groups in total. The summed E-state index contributed by atoms with van der Waals surface area (Å²) in [5.41, 5.74) is 1.78. The van der Waals surface area contributed by atoms with Gasteiger partial charge in [0.1, 0.15) is 12.6 Å². The molecule has 5 heteroatoms. The molecule has 0 aromatic heterocycles. The zero-order chi connectivity index (χ0) is 12.3. The van der Waals surface area contributed by atoms with Crippen LogP contribution in [0.1, 0.15) is 5.56 Å². The second-order valence-corrected chi connectivity index (χ2v) is 3.99. The number of carbonyl (C=O) groups is 2. The van der Waals surface area contributed by atoms with Crippen molar-refractivity contribution >= 4 is 17.5 Å². The first-order valence-electron chi connectivity index (χ1n) is 5.40. The summed E-state index contributed by atoms with van der Waals surface area (Å²) in [5.74, 6) is -0.524. The molecule has 0 spiro atoms. The van der Waals surface area contributed by atoms with Gasteiger partial charge in [0, 0.05) is 5.69 Å².